The van der Waals surface area contributed by atoms with Crippen molar-refractivity contribution in [2.75, 3.05) is 19.8 Å². The van der Waals surface area contributed by atoms with Gasteiger partial charge in [-0.15, -0.1) is 11.8 Å². The molecule has 0 saturated heterocycles. The predicted octanol–water partition coefficient (Wildman–Crippen LogP) is 3.32. The summed E-state index contributed by atoms with van der Waals surface area (Å²) in [7, 11) is 2.00. The molecule has 0 saturated carbocycles. The van der Waals surface area contributed by atoms with Crippen LogP contribution in [0.4, 0.5) is 0 Å². The fourth-order valence-electron chi connectivity index (χ4n) is 1.56. The molecule has 0 fully saturated rings. The van der Waals surface area contributed by atoms with E-state index in [0.717, 1.165) is 12.0 Å². The second-order valence-electron chi connectivity index (χ2n) is 4.32. The Balaban J connectivity index is 2.63. The van der Waals surface area contributed by atoms with Crippen molar-refractivity contribution in [1.29, 1.82) is 0 Å². The lowest BCUT2D eigenvalue weighted by molar-refractivity contribution is 0.0923. The highest BCUT2D eigenvalue weighted by Crippen LogP contribution is 2.15. The first-order valence-corrected chi connectivity index (χ1v) is 7.18. The molecule has 1 atom stereocenters. The highest BCUT2D eigenvalue weighted by atomic mass is 32.2. The lowest BCUT2D eigenvalue weighted by atomic mass is 10.1. The molecule has 94 valence electrons. The average Bonchev–Trinajstić information content (AvgIpc) is 2.37. The zero-order chi connectivity index (χ0) is 12.8. The Morgan fingerprint density at radius 1 is 1.35 bits per heavy atom. The minimum atomic E-state index is 0.195. The number of carbonyl (C=O) groups excluding carboxylic acids is 1. The largest absolute Gasteiger partial charge is 0.296 e. The summed E-state index contributed by atoms with van der Waals surface area (Å²) in [4.78, 5) is 15.3. The molecule has 0 aliphatic rings. The molecule has 0 aliphatic carbocycles. The van der Waals surface area contributed by atoms with Crippen molar-refractivity contribution in [2.45, 2.75) is 31.2 Å². The smallest absolute Gasteiger partial charge is 0.176 e. The van der Waals surface area contributed by atoms with E-state index in [0.29, 0.717) is 12.6 Å². The molecule has 1 rings (SSSR count). The molecule has 0 aromatic heterocycles. The van der Waals surface area contributed by atoms with Gasteiger partial charge in [-0.3, -0.25) is 9.69 Å². The molecule has 1 aromatic carbocycles. The van der Waals surface area contributed by atoms with Crippen LogP contribution < -0.4 is 0 Å². The quantitative estimate of drug-likeness (QED) is 0.571. The van der Waals surface area contributed by atoms with Crippen LogP contribution in [0.3, 0.4) is 0 Å². The molecule has 0 heterocycles. The number of nitrogens with zero attached hydrogens (tertiary/aromatic N) is 1. The summed E-state index contributed by atoms with van der Waals surface area (Å²) in [6, 6.07) is 8.28. The van der Waals surface area contributed by atoms with E-state index in [1.807, 2.05) is 37.6 Å². The number of ketones is 1. The van der Waals surface area contributed by atoms with Crippen molar-refractivity contribution < 1.29 is 4.79 Å². The van der Waals surface area contributed by atoms with E-state index >= 15 is 0 Å². The van der Waals surface area contributed by atoms with Crippen molar-refractivity contribution in [2.24, 2.45) is 0 Å². The van der Waals surface area contributed by atoms with Crippen LogP contribution in [0.25, 0.3) is 0 Å². The molecule has 1 unspecified atom stereocenters. The van der Waals surface area contributed by atoms with Crippen LogP contribution >= 0.6 is 11.8 Å². The number of thioether (sulfide) groups is 1. The predicted molar refractivity (Wildman–Crippen MR) is 74.9 cm³/mol. The number of benzene rings is 1. The van der Waals surface area contributed by atoms with E-state index in [9.17, 15) is 4.79 Å². The number of hydrogen-bond acceptors (Lipinski definition) is 3. The van der Waals surface area contributed by atoms with Crippen LogP contribution in [0.15, 0.2) is 29.2 Å². The molecule has 3 heteroatoms. The number of likely N-dealkylation sites (N-methyl/N-ethyl adjacent to an activating group) is 1. The van der Waals surface area contributed by atoms with Crippen LogP contribution in [0.5, 0.6) is 0 Å². The van der Waals surface area contributed by atoms with E-state index in [1.165, 1.54) is 4.90 Å². The van der Waals surface area contributed by atoms with E-state index in [4.69, 9.17) is 0 Å². The van der Waals surface area contributed by atoms with Gasteiger partial charge in [-0.05, 0) is 38.8 Å². The van der Waals surface area contributed by atoms with Gasteiger partial charge in [0, 0.05) is 16.5 Å². The van der Waals surface area contributed by atoms with E-state index in [1.54, 1.807) is 11.8 Å². The maximum Gasteiger partial charge on any atom is 0.176 e. The van der Waals surface area contributed by atoms with E-state index < -0.39 is 0 Å². The maximum atomic E-state index is 12.0. The molecule has 0 amide bonds. The topological polar surface area (TPSA) is 20.3 Å². The number of Topliss-reactive ketones (excluding diaryl/α,β-unsaturated/α-hetero) is 1. The Morgan fingerprint density at radius 3 is 2.41 bits per heavy atom. The molecule has 0 N–H and O–H groups in total. The summed E-state index contributed by atoms with van der Waals surface area (Å²) >= 11 is 1.69. The molecule has 1 aromatic rings. The van der Waals surface area contributed by atoms with Gasteiger partial charge >= 0.3 is 0 Å². The van der Waals surface area contributed by atoms with E-state index in [-0.39, 0.29) is 5.78 Å². The van der Waals surface area contributed by atoms with Crippen LogP contribution in [0.1, 0.15) is 30.6 Å². The van der Waals surface area contributed by atoms with Crippen LogP contribution in [0.2, 0.25) is 0 Å². The molecular formula is C14H21NOS. The monoisotopic (exact) mass is 251 g/mol. The van der Waals surface area contributed by atoms with Gasteiger partial charge in [0.15, 0.2) is 5.78 Å². The highest BCUT2D eigenvalue weighted by molar-refractivity contribution is 7.98. The highest BCUT2D eigenvalue weighted by Gasteiger charge is 2.12. The third-order valence-electron chi connectivity index (χ3n) is 3.15. The van der Waals surface area contributed by atoms with Crippen LogP contribution in [0, 0.1) is 0 Å². The van der Waals surface area contributed by atoms with Gasteiger partial charge in [-0.2, -0.15) is 0 Å². The number of hydrogen-bond donors (Lipinski definition) is 0. The average molecular weight is 251 g/mol. The third-order valence-corrected chi connectivity index (χ3v) is 3.89. The Labute approximate surface area is 108 Å². The van der Waals surface area contributed by atoms with Gasteiger partial charge in [0.1, 0.15) is 0 Å². The Kier molecular flexibility index (Phi) is 5.72. The molecule has 0 bridgehead atoms. The van der Waals surface area contributed by atoms with Gasteiger partial charge in [-0.1, -0.05) is 19.1 Å². The zero-order valence-corrected chi connectivity index (χ0v) is 11.9. The summed E-state index contributed by atoms with van der Waals surface area (Å²) in [5.74, 6) is 0.195. The standard InChI is InChI=1S/C14H21NOS/c1-5-11(2)15(3)10-14(16)12-6-8-13(17-4)9-7-12/h6-9,11H,5,10H2,1-4H3. The second-order valence-corrected chi connectivity index (χ2v) is 5.20. The first-order chi connectivity index (χ1) is 8.08. The summed E-state index contributed by atoms with van der Waals surface area (Å²) in [5.41, 5.74) is 0.804. The van der Waals surface area contributed by atoms with Crippen LogP contribution in [-0.2, 0) is 0 Å². The first kappa shape index (κ1) is 14.3. The Bertz CT molecular complexity index is 361. The van der Waals surface area contributed by atoms with Gasteiger partial charge in [-0.25, -0.2) is 0 Å². The fourth-order valence-corrected chi connectivity index (χ4v) is 1.97. The molecule has 2 nitrogen and oxygen atoms in total. The molecule has 0 radical (unpaired) electrons. The van der Waals surface area contributed by atoms with Crippen molar-refractivity contribution in [3.8, 4) is 0 Å². The van der Waals surface area contributed by atoms with Crippen molar-refractivity contribution in [3.63, 3.8) is 0 Å². The van der Waals surface area contributed by atoms with Crippen LogP contribution in [-0.4, -0.2) is 36.6 Å². The van der Waals surface area contributed by atoms with E-state index in [2.05, 4.69) is 18.7 Å². The first-order valence-electron chi connectivity index (χ1n) is 5.96. The van der Waals surface area contributed by atoms with Gasteiger partial charge in [0.25, 0.3) is 0 Å². The Hall–Kier alpha value is -0.800. The molecule has 0 aliphatic heterocycles. The van der Waals surface area contributed by atoms with Crippen molar-refractivity contribution in [3.05, 3.63) is 29.8 Å². The normalized spacial score (nSPS) is 12.8. The maximum absolute atomic E-state index is 12.0. The fraction of sp³-hybridized carbons (Fsp3) is 0.500. The molecular weight excluding hydrogens is 230 g/mol. The minimum Gasteiger partial charge on any atom is -0.296 e. The van der Waals surface area contributed by atoms with Gasteiger partial charge < -0.3 is 0 Å². The lowest BCUT2D eigenvalue weighted by Crippen LogP contribution is -2.33. The van der Waals surface area contributed by atoms with Crippen molar-refractivity contribution >= 4 is 17.5 Å². The zero-order valence-electron chi connectivity index (χ0n) is 11.1. The lowest BCUT2D eigenvalue weighted by Gasteiger charge is -2.22. The number of carbonyl (C=O) groups is 1. The Morgan fingerprint density at radius 2 is 1.94 bits per heavy atom. The summed E-state index contributed by atoms with van der Waals surface area (Å²) in [6.45, 7) is 4.77. The summed E-state index contributed by atoms with van der Waals surface area (Å²) in [6.07, 6.45) is 3.10. The summed E-state index contributed by atoms with van der Waals surface area (Å²) < 4.78 is 0. The number of rotatable bonds is 6. The van der Waals surface area contributed by atoms with Gasteiger partial charge in [0.05, 0.1) is 6.54 Å². The molecule has 17 heavy (non-hydrogen) atoms. The minimum absolute atomic E-state index is 0.195. The van der Waals surface area contributed by atoms with Gasteiger partial charge in [0.2, 0.25) is 0 Å². The second kappa shape index (κ2) is 6.82. The van der Waals surface area contributed by atoms with Crippen molar-refractivity contribution in [1.82, 2.24) is 4.90 Å². The summed E-state index contributed by atoms with van der Waals surface area (Å²) in [5, 5.41) is 0. The molecule has 0 spiro atoms. The SMILES string of the molecule is CCC(C)N(C)CC(=O)c1ccc(SC)cc1. The third kappa shape index (κ3) is 4.17.